The summed E-state index contributed by atoms with van der Waals surface area (Å²) in [5.74, 6) is 0.835. The zero-order chi connectivity index (χ0) is 18.3. The molecular formula is C20H31N5. The number of rotatable bonds is 7. The number of aryl methyl sites for hydroxylation is 2. The lowest BCUT2D eigenvalue weighted by atomic mass is 9.84. The number of hydrogen-bond donors (Lipinski definition) is 2. The van der Waals surface area contributed by atoms with E-state index in [9.17, 15) is 0 Å². The molecule has 0 amide bonds. The summed E-state index contributed by atoms with van der Waals surface area (Å²) in [6, 6.07) is 8.91. The number of hydrogen-bond acceptors (Lipinski definition) is 2. The summed E-state index contributed by atoms with van der Waals surface area (Å²) in [5, 5.41) is 11.0. The van der Waals surface area contributed by atoms with Crippen LogP contribution in [0.15, 0.2) is 41.7 Å². The van der Waals surface area contributed by atoms with Crippen LogP contribution in [0.25, 0.3) is 0 Å². The molecule has 136 valence electrons. The lowest BCUT2D eigenvalue weighted by molar-refractivity contribution is 0.508. The molecule has 2 aromatic rings. The van der Waals surface area contributed by atoms with Crippen LogP contribution in [0.4, 0.5) is 0 Å². The van der Waals surface area contributed by atoms with E-state index >= 15 is 0 Å². The van der Waals surface area contributed by atoms with Crippen molar-refractivity contribution in [3.8, 4) is 0 Å². The first kappa shape index (κ1) is 19.0. The van der Waals surface area contributed by atoms with Crippen LogP contribution in [0, 0.1) is 0 Å². The molecule has 2 rings (SSSR count). The lowest BCUT2D eigenvalue weighted by Gasteiger charge is -2.27. The van der Waals surface area contributed by atoms with E-state index < -0.39 is 0 Å². The van der Waals surface area contributed by atoms with Crippen LogP contribution in [0.3, 0.4) is 0 Å². The Morgan fingerprint density at radius 1 is 1.16 bits per heavy atom. The van der Waals surface area contributed by atoms with Crippen molar-refractivity contribution < 1.29 is 0 Å². The van der Waals surface area contributed by atoms with E-state index in [0.29, 0.717) is 0 Å². The quantitative estimate of drug-likeness (QED) is 0.601. The highest BCUT2D eigenvalue weighted by atomic mass is 15.2. The van der Waals surface area contributed by atoms with Gasteiger partial charge in [-0.1, -0.05) is 45.0 Å². The number of nitrogens with zero attached hydrogens (tertiary/aromatic N) is 3. The third kappa shape index (κ3) is 5.62. The summed E-state index contributed by atoms with van der Waals surface area (Å²) < 4.78 is 1.83. The topological polar surface area (TPSA) is 54.2 Å². The third-order valence-electron chi connectivity index (χ3n) is 4.53. The Kier molecular flexibility index (Phi) is 6.62. The molecule has 25 heavy (non-hydrogen) atoms. The molecule has 0 saturated carbocycles. The molecule has 5 nitrogen and oxygen atoms in total. The van der Waals surface area contributed by atoms with E-state index in [-0.39, 0.29) is 5.41 Å². The minimum absolute atomic E-state index is 0.0350. The van der Waals surface area contributed by atoms with Gasteiger partial charge in [0.2, 0.25) is 0 Å². The van der Waals surface area contributed by atoms with Gasteiger partial charge >= 0.3 is 0 Å². The standard InChI is InChI=1S/C20H31N5/c1-6-16-7-9-18(10-8-16)20(2,3)15-23-19(21-4)22-12-11-17-13-24-25(5)14-17/h7-10,13-14H,6,11-12,15H2,1-5H3,(H2,21,22,23). The average Bonchev–Trinajstić information content (AvgIpc) is 3.03. The number of nitrogens with one attached hydrogen (secondary N) is 2. The number of benzene rings is 1. The van der Waals surface area contributed by atoms with E-state index in [1.54, 1.807) is 0 Å². The second kappa shape index (κ2) is 8.70. The van der Waals surface area contributed by atoms with Crippen molar-refractivity contribution in [2.75, 3.05) is 20.1 Å². The SMILES string of the molecule is CCc1ccc(C(C)(C)CNC(=NC)NCCc2cnn(C)c2)cc1. The van der Waals surface area contributed by atoms with Gasteiger partial charge in [0.05, 0.1) is 6.20 Å². The molecule has 0 fully saturated rings. The fourth-order valence-electron chi connectivity index (χ4n) is 2.75. The maximum Gasteiger partial charge on any atom is 0.191 e. The molecule has 2 N–H and O–H groups in total. The first-order chi connectivity index (χ1) is 11.9. The van der Waals surface area contributed by atoms with E-state index in [2.05, 4.69) is 65.8 Å². The predicted octanol–water partition coefficient (Wildman–Crippen LogP) is 2.67. The highest BCUT2D eigenvalue weighted by Crippen LogP contribution is 2.22. The van der Waals surface area contributed by atoms with Crippen molar-refractivity contribution in [2.45, 2.75) is 39.0 Å². The van der Waals surface area contributed by atoms with Gasteiger partial charge in [0.25, 0.3) is 0 Å². The molecule has 1 heterocycles. The zero-order valence-corrected chi connectivity index (χ0v) is 16.1. The summed E-state index contributed by atoms with van der Waals surface area (Å²) in [5.41, 5.74) is 3.97. The van der Waals surface area contributed by atoms with Crippen molar-refractivity contribution in [1.82, 2.24) is 20.4 Å². The summed E-state index contributed by atoms with van der Waals surface area (Å²) in [7, 11) is 3.75. The molecule has 0 atom stereocenters. The van der Waals surface area contributed by atoms with Gasteiger partial charge in [-0.15, -0.1) is 0 Å². The molecule has 0 aliphatic carbocycles. The summed E-state index contributed by atoms with van der Waals surface area (Å²) in [4.78, 5) is 4.32. The van der Waals surface area contributed by atoms with Gasteiger partial charge in [0.15, 0.2) is 5.96 Å². The maximum atomic E-state index is 4.32. The number of aromatic nitrogens is 2. The van der Waals surface area contributed by atoms with E-state index in [0.717, 1.165) is 31.9 Å². The van der Waals surface area contributed by atoms with Gasteiger partial charge in [-0.3, -0.25) is 9.67 Å². The summed E-state index contributed by atoms with van der Waals surface area (Å²) in [6.07, 6.45) is 5.95. The Balaban J connectivity index is 1.83. The second-order valence-corrected chi connectivity index (χ2v) is 7.06. The van der Waals surface area contributed by atoms with Crippen LogP contribution in [0.1, 0.15) is 37.5 Å². The normalized spacial score (nSPS) is 12.3. The van der Waals surface area contributed by atoms with Crippen LogP contribution >= 0.6 is 0 Å². The van der Waals surface area contributed by atoms with Gasteiger partial charge < -0.3 is 10.6 Å². The van der Waals surface area contributed by atoms with E-state index in [1.807, 2.05) is 31.2 Å². The Bertz CT molecular complexity index is 682. The number of aliphatic imine (C=N–C) groups is 1. The van der Waals surface area contributed by atoms with E-state index in [1.165, 1.54) is 16.7 Å². The lowest BCUT2D eigenvalue weighted by Crippen LogP contribution is -2.44. The van der Waals surface area contributed by atoms with Gasteiger partial charge in [-0.2, -0.15) is 5.10 Å². The molecule has 0 saturated heterocycles. The smallest absolute Gasteiger partial charge is 0.191 e. The average molecular weight is 342 g/mol. The molecule has 1 aromatic carbocycles. The van der Waals surface area contributed by atoms with Crippen molar-refractivity contribution in [3.63, 3.8) is 0 Å². The second-order valence-electron chi connectivity index (χ2n) is 7.06. The van der Waals surface area contributed by atoms with Crippen LogP contribution in [-0.2, 0) is 25.3 Å². The zero-order valence-electron chi connectivity index (χ0n) is 16.1. The fraction of sp³-hybridized carbons (Fsp3) is 0.500. The van der Waals surface area contributed by atoms with Gasteiger partial charge in [0, 0.05) is 38.8 Å². The van der Waals surface area contributed by atoms with Gasteiger partial charge in [0.1, 0.15) is 0 Å². The summed E-state index contributed by atoms with van der Waals surface area (Å²) >= 11 is 0. The maximum absolute atomic E-state index is 4.32. The van der Waals surface area contributed by atoms with Crippen molar-refractivity contribution in [3.05, 3.63) is 53.3 Å². The van der Waals surface area contributed by atoms with Crippen LogP contribution in [-0.4, -0.2) is 35.9 Å². The Morgan fingerprint density at radius 2 is 1.88 bits per heavy atom. The minimum Gasteiger partial charge on any atom is -0.356 e. The Morgan fingerprint density at radius 3 is 2.44 bits per heavy atom. The predicted molar refractivity (Wildman–Crippen MR) is 105 cm³/mol. The molecule has 1 aromatic heterocycles. The molecule has 0 unspecified atom stereocenters. The molecule has 0 aliphatic rings. The molecule has 0 aliphatic heterocycles. The Hall–Kier alpha value is -2.30. The molecule has 0 radical (unpaired) electrons. The monoisotopic (exact) mass is 341 g/mol. The molecular weight excluding hydrogens is 310 g/mol. The first-order valence-electron chi connectivity index (χ1n) is 8.96. The van der Waals surface area contributed by atoms with Crippen LogP contribution < -0.4 is 10.6 Å². The molecule has 0 bridgehead atoms. The molecule has 5 heteroatoms. The van der Waals surface area contributed by atoms with Gasteiger partial charge in [-0.25, -0.2) is 0 Å². The van der Waals surface area contributed by atoms with Crippen molar-refractivity contribution in [2.24, 2.45) is 12.0 Å². The minimum atomic E-state index is 0.0350. The van der Waals surface area contributed by atoms with Crippen LogP contribution in [0.5, 0.6) is 0 Å². The largest absolute Gasteiger partial charge is 0.356 e. The van der Waals surface area contributed by atoms with E-state index in [4.69, 9.17) is 0 Å². The third-order valence-corrected chi connectivity index (χ3v) is 4.53. The van der Waals surface area contributed by atoms with Crippen LogP contribution in [0.2, 0.25) is 0 Å². The highest BCUT2D eigenvalue weighted by molar-refractivity contribution is 5.79. The van der Waals surface area contributed by atoms with Crippen molar-refractivity contribution >= 4 is 5.96 Å². The van der Waals surface area contributed by atoms with Gasteiger partial charge in [-0.05, 0) is 29.5 Å². The summed E-state index contributed by atoms with van der Waals surface area (Å²) in [6.45, 7) is 8.35. The molecule has 0 spiro atoms. The highest BCUT2D eigenvalue weighted by Gasteiger charge is 2.20. The first-order valence-corrected chi connectivity index (χ1v) is 8.96. The van der Waals surface area contributed by atoms with Crippen molar-refractivity contribution in [1.29, 1.82) is 0 Å². The Labute approximate surface area is 151 Å². The number of guanidine groups is 1. The fourth-order valence-corrected chi connectivity index (χ4v) is 2.75.